The van der Waals surface area contributed by atoms with Crippen LogP contribution in [-0.2, 0) is 0 Å². The minimum Gasteiger partial charge on any atom is -0.206 e. The fourth-order valence-corrected chi connectivity index (χ4v) is 1.58. The molecule has 11 heavy (non-hydrogen) atoms. The zero-order valence-electron chi connectivity index (χ0n) is 6.84. The van der Waals surface area contributed by atoms with Crippen LogP contribution in [0.15, 0.2) is 15.3 Å². The number of hydrogen-bond donors (Lipinski definition) is 3. The molecule has 0 heterocycles. The van der Waals surface area contributed by atoms with E-state index in [1.807, 2.05) is 19.6 Å². The second-order valence-electron chi connectivity index (χ2n) is 3.22. The summed E-state index contributed by atoms with van der Waals surface area (Å²) in [6.45, 7) is 5.59. The van der Waals surface area contributed by atoms with Gasteiger partial charge in [-0.05, 0) is 0 Å². The molecule has 0 aromatic carbocycles. The van der Waals surface area contributed by atoms with Gasteiger partial charge in [0.15, 0.2) is 0 Å². The van der Waals surface area contributed by atoms with Crippen LogP contribution in [0, 0.1) is 16.6 Å². The second-order valence-corrected chi connectivity index (χ2v) is 8.39. The quantitative estimate of drug-likeness (QED) is 0.428. The summed E-state index contributed by atoms with van der Waals surface area (Å²) in [6, 6.07) is 0. The molecule has 0 aliphatic heterocycles. The Morgan fingerprint density at radius 2 is 1.18 bits per heavy atom. The number of hydrogen-bond acceptors (Lipinski definition) is 6. The number of nitrogens with zero attached hydrogens (tertiary/aromatic N) is 3. The van der Waals surface area contributed by atoms with Crippen molar-refractivity contribution in [2.45, 2.75) is 25.1 Å². The molecule has 0 saturated carbocycles. The first-order valence-corrected chi connectivity index (χ1v) is 6.59. The van der Waals surface area contributed by atoms with E-state index in [0.29, 0.717) is 0 Å². The van der Waals surface area contributed by atoms with Crippen molar-refractivity contribution in [3.8, 4) is 0 Å². The van der Waals surface area contributed by atoms with Crippen molar-refractivity contribution in [2.75, 3.05) is 0 Å². The Hall–Kier alpha value is -0.983. The van der Waals surface area contributed by atoms with Gasteiger partial charge in [0.1, 0.15) is 8.07 Å². The zero-order chi connectivity index (χ0) is 9.12. The van der Waals surface area contributed by atoms with E-state index in [0.717, 1.165) is 0 Å². The molecule has 0 bridgehead atoms. The van der Waals surface area contributed by atoms with Crippen LogP contribution >= 0.6 is 0 Å². The molecule has 0 atom stereocenters. The maximum atomic E-state index is 6.80. The summed E-state index contributed by atoms with van der Waals surface area (Å²) in [4.78, 5) is 0. The predicted octanol–water partition coefficient (Wildman–Crippen LogP) is 2.61. The fourth-order valence-electron chi connectivity index (χ4n) is 0.578. The molecule has 0 saturated heterocycles. The van der Waals surface area contributed by atoms with E-state index in [2.05, 4.69) is 15.3 Å². The summed E-state index contributed by atoms with van der Waals surface area (Å²) in [5.41, 5.74) is 19.0. The summed E-state index contributed by atoms with van der Waals surface area (Å²) < 4.78 is 0. The number of nitrogens with one attached hydrogen (secondary N) is 3. The maximum Gasteiger partial charge on any atom is 0.276 e. The van der Waals surface area contributed by atoms with Crippen LogP contribution in [0.25, 0.3) is 0 Å². The van der Waals surface area contributed by atoms with Gasteiger partial charge in [-0.1, -0.05) is 19.6 Å². The van der Waals surface area contributed by atoms with Gasteiger partial charge < -0.3 is 0 Å². The van der Waals surface area contributed by atoms with Crippen molar-refractivity contribution in [1.29, 1.82) is 16.6 Å². The molecule has 0 aromatic rings. The van der Waals surface area contributed by atoms with Crippen molar-refractivity contribution in [3.63, 3.8) is 0 Å². The largest absolute Gasteiger partial charge is 0.276 e. The van der Waals surface area contributed by atoms with E-state index in [9.17, 15) is 0 Å². The highest BCUT2D eigenvalue weighted by molar-refractivity contribution is 6.79. The van der Waals surface area contributed by atoms with E-state index in [-0.39, 0.29) is 0 Å². The highest BCUT2D eigenvalue weighted by Gasteiger charge is 2.44. The van der Waals surface area contributed by atoms with Gasteiger partial charge in [0, 0.05) is 0 Å². The lowest BCUT2D eigenvalue weighted by atomic mass is 10.9. The fraction of sp³-hybridized carbons (Fsp3) is 1.00. The third-order valence-corrected chi connectivity index (χ3v) is 3.82. The van der Waals surface area contributed by atoms with E-state index in [4.69, 9.17) is 16.6 Å². The highest BCUT2D eigenvalue weighted by atomic mass is 28.3. The van der Waals surface area contributed by atoms with Crippen LogP contribution in [0.5, 0.6) is 0 Å². The molecule has 62 valence electrons. The van der Waals surface area contributed by atoms with E-state index in [1.165, 1.54) is 0 Å². The Morgan fingerprint density at radius 1 is 0.909 bits per heavy atom. The van der Waals surface area contributed by atoms with Gasteiger partial charge in [-0.15, -0.1) is 15.3 Å². The first-order chi connectivity index (χ1) is 4.93. The smallest absolute Gasteiger partial charge is 0.206 e. The summed E-state index contributed by atoms with van der Waals surface area (Å²) in [6.07, 6.45) is 0. The number of rotatable bonds is 4. The van der Waals surface area contributed by atoms with Gasteiger partial charge in [0.25, 0.3) is 5.41 Å². The van der Waals surface area contributed by atoms with Crippen molar-refractivity contribution < 1.29 is 0 Å². The monoisotopic (exact) mass is 172 g/mol. The molecular formula is C4H12N6Si. The topological polar surface area (TPSA) is 109 Å². The molecule has 0 unspecified atom stereocenters. The van der Waals surface area contributed by atoms with Crippen LogP contribution < -0.4 is 0 Å². The van der Waals surface area contributed by atoms with Gasteiger partial charge in [-0.2, -0.15) is 0 Å². The zero-order valence-corrected chi connectivity index (χ0v) is 7.84. The lowest BCUT2D eigenvalue weighted by Gasteiger charge is -2.27. The lowest BCUT2D eigenvalue weighted by molar-refractivity contribution is 0.506. The highest BCUT2D eigenvalue weighted by Crippen LogP contribution is 2.27. The Morgan fingerprint density at radius 3 is 1.18 bits per heavy atom. The van der Waals surface area contributed by atoms with Crippen LogP contribution in [0.2, 0.25) is 19.6 Å². The Kier molecular flexibility index (Phi) is 2.69. The summed E-state index contributed by atoms with van der Waals surface area (Å²) >= 11 is 0. The Labute approximate surface area is 65.9 Å². The predicted molar refractivity (Wildman–Crippen MR) is 41.5 cm³/mol. The van der Waals surface area contributed by atoms with E-state index in [1.54, 1.807) is 0 Å². The van der Waals surface area contributed by atoms with Crippen molar-refractivity contribution in [1.82, 2.24) is 0 Å². The maximum absolute atomic E-state index is 6.80. The van der Waals surface area contributed by atoms with Crippen molar-refractivity contribution >= 4 is 8.07 Å². The SMILES string of the molecule is C[Si](C)(C)C(N=N)(N=N)N=N. The standard InChI is InChI=1S/C4H12N6Si/c1-11(2,3)4(8-5,9-6)10-7/h5-7H,1-3H3. The van der Waals surface area contributed by atoms with Gasteiger partial charge >= 0.3 is 0 Å². The minimum atomic E-state index is -2.00. The molecule has 7 heteroatoms. The third kappa shape index (κ3) is 1.53. The van der Waals surface area contributed by atoms with E-state index < -0.39 is 13.5 Å². The molecule has 0 radical (unpaired) electrons. The second kappa shape index (κ2) is 2.95. The van der Waals surface area contributed by atoms with Crippen LogP contribution in [0.1, 0.15) is 0 Å². The molecule has 0 spiro atoms. The summed E-state index contributed by atoms with van der Waals surface area (Å²) in [7, 11) is -2.00. The van der Waals surface area contributed by atoms with Crippen molar-refractivity contribution in [2.24, 2.45) is 15.3 Å². The lowest BCUT2D eigenvalue weighted by Crippen LogP contribution is -2.46. The Balaban J connectivity index is 4.99. The normalized spacial score (nSPS) is 16.6. The van der Waals surface area contributed by atoms with Crippen LogP contribution in [-0.4, -0.2) is 13.5 Å². The summed E-state index contributed by atoms with van der Waals surface area (Å²) in [5.74, 6) is 0. The molecule has 0 fully saturated rings. The Bertz CT molecular complexity index is 160. The molecule has 0 rings (SSSR count). The molecule has 0 aliphatic rings. The summed E-state index contributed by atoms with van der Waals surface area (Å²) in [5, 5.41) is 9.39. The van der Waals surface area contributed by atoms with Gasteiger partial charge in [-0.3, -0.25) is 0 Å². The van der Waals surface area contributed by atoms with Crippen LogP contribution in [0.3, 0.4) is 0 Å². The molecule has 0 aliphatic carbocycles. The first-order valence-electron chi connectivity index (χ1n) is 3.09. The van der Waals surface area contributed by atoms with Gasteiger partial charge in [-0.25, -0.2) is 16.6 Å². The molecule has 6 nitrogen and oxygen atoms in total. The van der Waals surface area contributed by atoms with Gasteiger partial charge in [0.05, 0.1) is 0 Å². The average Bonchev–Trinajstić information content (AvgIpc) is 1.90. The molecule has 3 N–H and O–H groups in total. The van der Waals surface area contributed by atoms with Crippen molar-refractivity contribution in [3.05, 3.63) is 0 Å². The molecular weight excluding hydrogens is 160 g/mol. The third-order valence-electron chi connectivity index (χ3n) is 1.47. The average molecular weight is 172 g/mol. The van der Waals surface area contributed by atoms with Gasteiger partial charge in [0.2, 0.25) is 0 Å². The van der Waals surface area contributed by atoms with Crippen LogP contribution in [0.4, 0.5) is 0 Å². The molecule has 0 aromatic heterocycles. The first kappa shape index (κ1) is 10.0. The molecule has 0 amide bonds. The minimum absolute atomic E-state index is 1.42. The van der Waals surface area contributed by atoms with E-state index >= 15 is 0 Å².